The van der Waals surface area contributed by atoms with Crippen LogP contribution in [0.4, 0.5) is 0 Å². The van der Waals surface area contributed by atoms with E-state index in [0.29, 0.717) is 97.4 Å². The number of aromatic nitrogens is 4. The number of nitrogens with zero attached hydrogens (tertiary/aromatic N) is 6. The van der Waals surface area contributed by atoms with Gasteiger partial charge in [0.05, 0.1) is 22.8 Å². The molecular formula is C64H66N8O4. The number of hydrogen-bond donors (Lipinski definition) is 2. The average molecular weight is 1010 g/mol. The van der Waals surface area contributed by atoms with Gasteiger partial charge in [-0.15, -0.1) is 0 Å². The number of aromatic amines is 2. The Labute approximate surface area is 445 Å². The van der Waals surface area contributed by atoms with Crippen molar-refractivity contribution in [1.29, 1.82) is 0 Å². The van der Waals surface area contributed by atoms with Gasteiger partial charge in [0.15, 0.2) is 0 Å². The second-order valence-corrected chi connectivity index (χ2v) is 18.7. The minimum Gasteiger partial charge on any atom is -0.354 e. The third kappa shape index (κ3) is 10.1. The number of fused-ring (bicyclic) bond motifs is 8. The van der Waals surface area contributed by atoms with Crippen LogP contribution in [-0.2, 0) is 0 Å². The maximum Gasteiger partial charge on any atom is 0.253 e. The highest BCUT2D eigenvalue weighted by atomic mass is 16.2. The monoisotopic (exact) mass is 1010 g/mol. The number of benzene rings is 4. The molecule has 0 spiro atoms. The molecule has 386 valence electrons. The van der Waals surface area contributed by atoms with Crippen LogP contribution in [0.1, 0.15) is 120 Å². The SMILES string of the molecule is CCN(CC)C(=O)c1ccc(-c2c3nc(c(-c4ccc(C(=O)N(CC)CC)cc4)c4ccc([nH]4)c(-c4ccc(C(=O)N(CC)CC)cc4)c4nc(c(-c5ccc(C(=O)N(CC)CC)cc5)c5ccc2[nH]5)C=C4)C=C3)cc1. The number of carbonyl (C=O) groups is 4. The molecule has 12 heteroatoms. The first-order valence-electron chi connectivity index (χ1n) is 26.7. The zero-order valence-corrected chi connectivity index (χ0v) is 44.8. The number of hydrogen-bond acceptors (Lipinski definition) is 6. The van der Waals surface area contributed by atoms with Gasteiger partial charge in [-0.3, -0.25) is 19.2 Å². The van der Waals surface area contributed by atoms with Crippen molar-refractivity contribution in [2.24, 2.45) is 0 Å². The van der Waals surface area contributed by atoms with Gasteiger partial charge >= 0.3 is 0 Å². The van der Waals surface area contributed by atoms with Crippen molar-refractivity contribution in [3.63, 3.8) is 0 Å². The second-order valence-electron chi connectivity index (χ2n) is 18.7. The van der Waals surface area contributed by atoms with E-state index in [4.69, 9.17) is 9.97 Å². The van der Waals surface area contributed by atoms with E-state index in [0.717, 1.165) is 66.6 Å². The molecule has 0 aliphatic carbocycles. The van der Waals surface area contributed by atoms with Gasteiger partial charge in [0.2, 0.25) is 0 Å². The summed E-state index contributed by atoms with van der Waals surface area (Å²) in [5, 5.41) is 0. The fourth-order valence-electron chi connectivity index (χ4n) is 10.3. The molecular weight excluding hydrogens is 945 g/mol. The summed E-state index contributed by atoms with van der Waals surface area (Å²) in [6, 6.07) is 39.1. The molecule has 9 rings (SSSR count). The molecule has 7 aromatic rings. The molecule has 12 nitrogen and oxygen atoms in total. The fourth-order valence-corrected chi connectivity index (χ4v) is 10.3. The van der Waals surface area contributed by atoms with E-state index in [1.54, 1.807) is 0 Å². The van der Waals surface area contributed by atoms with E-state index < -0.39 is 0 Å². The van der Waals surface area contributed by atoms with Crippen LogP contribution in [0.3, 0.4) is 0 Å². The van der Waals surface area contributed by atoms with E-state index in [2.05, 4.69) is 34.2 Å². The lowest BCUT2D eigenvalue weighted by Gasteiger charge is -2.18. The summed E-state index contributed by atoms with van der Waals surface area (Å²) in [5.74, 6) is -0.118. The lowest BCUT2D eigenvalue weighted by atomic mass is 10.0. The molecule has 4 aromatic carbocycles. The van der Waals surface area contributed by atoms with Crippen LogP contribution in [0.2, 0.25) is 0 Å². The summed E-state index contributed by atoms with van der Waals surface area (Å²) in [6.07, 6.45) is 8.11. The van der Waals surface area contributed by atoms with Crippen LogP contribution in [0, 0.1) is 0 Å². The van der Waals surface area contributed by atoms with Gasteiger partial charge in [0, 0.05) is 119 Å². The summed E-state index contributed by atoms with van der Waals surface area (Å²) in [7, 11) is 0. The standard InChI is InChI=1S/C64H66N8O4/c1-9-69(10-2)61(73)45-25-17-41(18-26-45)57-49-33-35-51(65-49)58(42-19-27-46(28-20-42)62(74)70(11-3)12-4)53-37-39-55(67-53)60(44-23-31-48(32-24-44)64(76)72(15-7)16-8)56-40-38-54(68-56)59(52-36-34-50(57)66-52)43-21-29-47(30-22-43)63(75)71(13-5)14-6/h17-40,65,68H,9-16H2,1-8H3. The third-order valence-corrected chi connectivity index (χ3v) is 14.6. The van der Waals surface area contributed by atoms with Crippen molar-refractivity contribution < 1.29 is 19.2 Å². The Morgan fingerprint density at radius 1 is 0.303 bits per heavy atom. The molecule has 5 heterocycles. The lowest BCUT2D eigenvalue weighted by Crippen LogP contribution is -2.30. The van der Waals surface area contributed by atoms with Crippen molar-refractivity contribution in [3.8, 4) is 44.5 Å². The van der Waals surface area contributed by atoms with E-state index >= 15 is 0 Å². The highest BCUT2D eigenvalue weighted by Gasteiger charge is 2.22. The first-order chi connectivity index (χ1) is 37.0. The van der Waals surface area contributed by atoms with E-state index in [-0.39, 0.29) is 23.6 Å². The molecule has 2 aliphatic heterocycles. The molecule has 0 unspecified atom stereocenters. The predicted octanol–water partition coefficient (Wildman–Crippen LogP) is 13.3. The molecule has 2 aliphatic rings. The summed E-state index contributed by atoms with van der Waals surface area (Å²) in [5.41, 5.74) is 15.1. The van der Waals surface area contributed by atoms with Crippen molar-refractivity contribution in [2.75, 3.05) is 52.4 Å². The molecule has 0 atom stereocenters. The van der Waals surface area contributed by atoms with Gasteiger partial charge in [-0.05, 0) is 175 Å². The molecule has 2 N–H and O–H groups in total. The molecule has 0 radical (unpaired) electrons. The van der Waals surface area contributed by atoms with Gasteiger partial charge < -0.3 is 29.6 Å². The van der Waals surface area contributed by atoms with E-state index in [1.807, 2.05) is 196 Å². The number of rotatable bonds is 16. The summed E-state index contributed by atoms with van der Waals surface area (Å²) in [4.78, 5) is 80.0. The van der Waals surface area contributed by atoms with Crippen LogP contribution in [0.25, 0.3) is 90.9 Å². The quantitative estimate of drug-likeness (QED) is 0.0988. The summed E-state index contributed by atoms with van der Waals surface area (Å²) >= 11 is 0. The van der Waals surface area contributed by atoms with Crippen LogP contribution < -0.4 is 0 Å². The van der Waals surface area contributed by atoms with Gasteiger partial charge in [0.1, 0.15) is 0 Å². The molecule has 8 bridgehead atoms. The minimum absolute atomic E-state index is 0.0294. The van der Waals surface area contributed by atoms with Crippen molar-refractivity contribution in [1.82, 2.24) is 39.5 Å². The molecule has 76 heavy (non-hydrogen) atoms. The molecule has 0 fully saturated rings. The average Bonchev–Trinajstić information content (AvgIpc) is 4.32. The van der Waals surface area contributed by atoms with E-state index in [9.17, 15) is 19.2 Å². The Hall–Kier alpha value is -8.64. The highest BCUT2D eigenvalue weighted by Crippen LogP contribution is 2.39. The smallest absolute Gasteiger partial charge is 0.253 e. The Bertz CT molecular complexity index is 3070. The molecule has 4 amide bonds. The Morgan fingerprint density at radius 2 is 0.487 bits per heavy atom. The largest absolute Gasteiger partial charge is 0.354 e. The van der Waals surface area contributed by atoms with Crippen LogP contribution in [0.15, 0.2) is 121 Å². The van der Waals surface area contributed by atoms with Crippen molar-refractivity contribution in [3.05, 3.63) is 166 Å². The Kier molecular flexibility index (Phi) is 15.7. The van der Waals surface area contributed by atoms with E-state index in [1.165, 1.54) is 0 Å². The second kappa shape index (κ2) is 22.9. The normalized spacial score (nSPS) is 11.7. The Balaban J connectivity index is 1.36. The lowest BCUT2D eigenvalue weighted by molar-refractivity contribution is 0.0765. The highest BCUT2D eigenvalue weighted by molar-refractivity contribution is 6.03. The maximum absolute atomic E-state index is 13.6. The number of H-pyrrole nitrogens is 2. The summed E-state index contributed by atoms with van der Waals surface area (Å²) < 4.78 is 0. The number of amides is 4. The first-order valence-corrected chi connectivity index (χ1v) is 26.7. The number of carbonyl (C=O) groups excluding carboxylic acids is 4. The van der Waals surface area contributed by atoms with Crippen LogP contribution in [0.5, 0.6) is 0 Å². The van der Waals surface area contributed by atoms with Crippen molar-refractivity contribution in [2.45, 2.75) is 55.4 Å². The first kappa shape index (κ1) is 52.2. The fraction of sp³-hybridized carbons (Fsp3) is 0.250. The van der Waals surface area contributed by atoms with Crippen molar-refractivity contribution >= 4 is 70.0 Å². The predicted molar refractivity (Wildman–Crippen MR) is 310 cm³/mol. The Morgan fingerprint density at radius 3 is 0.658 bits per heavy atom. The number of nitrogens with one attached hydrogen (secondary N) is 2. The third-order valence-electron chi connectivity index (χ3n) is 14.6. The van der Waals surface area contributed by atoms with Crippen LogP contribution in [-0.4, -0.2) is 116 Å². The van der Waals surface area contributed by atoms with Crippen LogP contribution >= 0.6 is 0 Å². The minimum atomic E-state index is -0.0294. The molecule has 3 aromatic heterocycles. The van der Waals surface area contributed by atoms with Gasteiger partial charge in [-0.1, -0.05) is 48.5 Å². The zero-order valence-electron chi connectivity index (χ0n) is 44.8. The zero-order chi connectivity index (χ0) is 53.6. The summed E-state index contributed by atoms with van der Waals surface area (Å²) in [6.45, 7) is 20.7. The molecule has 0 saturated heterocycles. The van der Waals surface area contributed by atoms with Gasteiger partial charge in [-0.25, -0.2) is 9.97 Å². The van der Waals surface area contributed by atoms with Gasteiger partial charge in [-0.2, -0.15) is 0 Å². The topological polar surface area (TPSA) is 139 Å². The van der Waals surface area contributed by atoms with Gasteiger partial charge in [0.25, 0.3) is 23.6 Å². The maximum atomic E-state index is 13.6. The molecule has 0 saturated carbocycles.